The zero-order valence-corrected chi connectivity index (χ0v) is 21.8. The molecule has 0 radical (unpaired) electrons. The zero-order valence-electron chi connectivity index (χ0n) is 20.0. The number of hydrogen-bond donors (Lipinski definition) is 1. The van der Waals surface area contributed by atoms with Gasteiger partial charge in [0.1, 0.15) is 0 Å². The Bertz CT molecular complexity index is 983. The van der Waals surface area contributed by atoms with Crippen molar-refractivity contribution in [3.8, 4) is 0 Å². The Labute approximate surface area is 198 Å². The van der Waals surface area contributed by atoms with Crippen molar-refractivity contribution >= 4 is 36.1 Å². The van der Waals surface area contributed by atoms with Crippen LogP contribution in [0.5, 0.6) is 0 Å². The van der Waals surface area contributed by atoms with Gasteiger partial charge < -0.3 is 9.53 Å². The maximum absolute atomic E-state index is 10.8. The molecule has 0 fully saturated rings. The molecule has 0 amide bonds. The van der Waals surface area contributed by atoms with Crippen molar-refractivity contribution in [2.24, 2.45) is 0 Å². The molecule has 3 rings (SSSR count). The first-order chi connectivity index (χ1) is 15.1. The van der Waals surface area contributed by atoms with Gasteiger partial charge in [-0.05, 0) is 48.7 Å². The standard InChI is InChI=1S/C27H35NO2SSi/c1-20(17-23-19-31-22(3)28-23)18-26(21(2)29)30-32(27(4,5)6,24-13-9-7-10-14-24)25-15-11-8-12-16-25/h7-17,19,21,26,29H,18H2,1-6H3/b20-17+. The average Bonchev–Trinajstić information content (AvgIpc) is 3.15. The Kier molecular flexibility index (Phi) is 7.88. The molecule has 3 aromatic rings. The maximum Gasteiger partial charge on any atom is 0.261 e. The van der Waals surface area contributed by atoms with Gasteiger partial charge >= 0.3 is 0 Å². The lowest BCUT2D eigenvalue weighted by molar-refractivity contribution is 0.0426. The first-order valence-corrected chi connectivity index (χ1v) is 14.0. The van der Waals surface area contributed by atoms with Crippen molar-refractivity contribution in [1.29, 1.82) is 0 Å². The van der Waals surface area contributed by atoms with E-state index in [-0.39, 0.29) is 11.1 Å². The molecule has 2 unspecified atom stereocenters. The first-order valence-electron chi connectivity index (χ1n) is 11.2. The Morgan fingerprint density at radius 3 is 2.00 bits per heavy atom. The Balaban J connectivity index is 2.06. The van der Waals surface area contributed by atoms with Crippen molar-refractivity contribution in [3.05, 3.63) is 82.3 Å². The van der Waals surface area contributed by atoms with Gasteiger partial charge in [0.2, 0.25) is 0 Å². The lowest BCUT2D eigenvalue weighted by Gasteiger charge is -2.45. The number of benzene rings is 2. The van der Waals surface area contributed by atoms with Crippen LogP contribution in [-0.4, -0.2) is 30.6 Å². The molecule has 1 N–H and O–H groups in total. The molecule has 0 aliphatic carbocycles. The van der Waals surface area contributed by atoms with Crippen LogP contribution in [0, 0.1) is 6.92 Å². The van der Waals surface area contributed by atoms with Crippen LogP contribution in [0.1, 0.15) is 51.7 Å². The molecule has 0 aliphatic rings. The van der Waals surface area contributed by atoms with E-state index in [1.54, 1.807) is 11.3 Å². The number of aromatic nitrogens is 1. The summed E-state index contributed by atoms with van der Waals surface area (Å²) < 4.78 is 7.18. The topological polar surface area (TPSA) is 42.4 Å². The van der Waals surface area contributed by atoms with Crippen LogP contribution >= 0.6 is 11.3 Å². The van der Waals surface area contributed by atoms with E-state index in [0.29, 0.717) is 6.42 Å². The summed E-state index contributed by atoms with van der Waals surface area (Å²) in [6.45, 7) is 12.7. The summed E-state index contributed by atoms with van der Waals surface area (Å²) in [6.07, 6.45) is 1.83. The van der Waals surface area contributed by atoms with E-state index >= 15 is 0 Å². The minimum atomic E-state index is -2.73. The molecular weight excluding hydrogens is 430 g/mol. The number of aliphatic hydroxyl groups is 1. The Morgan fingerprint density at radius 2 is 1.59 bits per heavy atom. The van der Waals surface area contributed by atoms with Crippen LogP contribution in [0.25, 0.3) is 6.08 Å². The van der Waals surface area contributed by atoms with Crippen LogP contribution in [0.3, 0.4) is 0 Å². The van der Waals surface area contributed by atoms with Crippen LogP contribution in [0.2, 0.25) is 5.04 Å². The van der Waals surface area contributed by atoms with Gasteiger partial charge in [0.15, 0.2) is 0 Å². The van der Waals surface area contributed by atoms with E-state index in [9.17, 15) is 5.11 Å². The highest BCUT2D eigenvalue weighted by Crippen LogP contribution is 2.38. The van der Waals surface area contributed by atoms with Gasteiger partial charge in [0.05, 0.1) is 22.9 Å². The molecule has 32 heavy (non-hydrogen) atoms. The fourth-order valence-corrected chi connectivity index (χ4v) is 9.62. The highest BCUT2D eigenvalue weighted by Gasteiger charge is 2.51. The summed E-state index contributed by atoms with van der Waals surface area (Å²) >= 11 is 1.65. The number of aryl methyl sites for hydroxylation is 1. The van der Waals surface area contributed by atoms with Gasteiger partial charge in [-0.2, -0.15) is 0 Å². The lowest BCUT2D eigenvalue weighted by atomic mass is 10.1. The maximum atomic E-state index is 10.8. The molecular formula is C27H35NO2SSi. The number of aliphatic hydroxyl groups excluding tert-OH is 1. The van der Waals surface area contributed by atoms with E-state index in [1.807, 2.05) is 26.0 Å². The first kappa shape index (κ1) is 24.6. The third-order valence-electron chi connectivity index (χ3n) is 5.84. The minimum absolute atomic E-state index is 0.132. The summed E-state index contributed by atoms with van der Waals surface area (Å²) in [7, 11) is -2.73. The van der Waals surface area contributed by atoms with Gasteiger partial charge in [-0.1, -0.05) is 87.0 Å². The van der Waals surface area contributed by atoms with Crippen molar-refractivity contribution in [2.45, 2.75) is 65.2 Å². The Hall–Kier alpha value is -2.05. The molecule has 170 valence electrons. The molecule has 0 saturated heterocycles. The second kappa shape index (κ2) is 10.3. The molecule has 0 spiro atoms. The monoisotopic (exact) mass is 465 g/mol. The van der Waals surface area contributed by atoms with Crippen LogP contribution in [0.15, 0.2) is 71.6 Å². The van der Waals surface area contributed by atoms with Gasteiger partial charge in [-0.15, -0.1) is 11.3 Å². The van der Waals surface area contributed by atoms with Gasteiger partial charge in [0, 0.05) is 5.38 Å². The van der Waals surface area contributed by atoms with Crippen molar-refractivity contribution in [3.63, 3.8) is 0 Å². The molecule has 5 heteroatoms. The largest absolute Gasteiger partial charge is 0.402 e. The minimum Gasteiger partial charge on any atom is -0.402 e. The van der Waals surface area contributed by atoms with Crippen molar-refractivity contribution in [2.75, 3.05) is 0 Å². The molecule has 2 atom stereocenters. The number of nitrogens with zero attached hydrogens (tertiary/aromatic N) is 1. The van der Waals surface area contributed by atoms with Gasteiger partial charge in [-0.25, -0.2) is 4.98 Å². The van der Waals surface area contributed by atoms with Gasteiger partial charge in [-0.3, -0.25) is 0 Å². The average molecular weight is 466 g/mol. The van der Waals surface area contributed by atoms with E-state index < -0.39 is 14.4 Å². The summed E-state index contributed by atoms with van der Waals surface area (Å²) in [5, 5.41) is 16.2. The summed E-state index contributed by atoms with van der Waals surface area (Å²) in [4.78, 5) is 4.56. The van der Waals surface area contributed by atoms with Crippen LogP contribution in [-0.2, 0) is 4.43 Å². The Morgan fingerprint density at radius 1 is 1.06 bits per heavy atom. The molecule has 0 bridgehead atoms. The molecule has 3 nitrogen and oxygen atoms in total. The predicted molar refractivity (Wildman–Crippen MR) is 139 cm³/mol. The number of rotatable bonds is 8. The second-order valence-electron chi connectivity index (χ2n) is 9.55. The normalized spacial score (nSPS) is 14.9. The SMILES string of the molecule is C/C(=C\c1csc(C)n1)CC(O[Si](c1ccccc1)(c1ccccc1)C(C)(C)C)C(C)O. The molecule has 2 aromatic carbocycles. The van der Waals surface area contributed by atoms with Crippen LogP contribution in [0.4, 0.5) is 0 Å². The molecule has 1 heterocycles. The molecule has 0 aliphatic heterocycles. The van der Waals surface area contributed by atoms with E-state index in [4.69, 9.17) is 4.43 Å². The van der Waals surface area contributed by atoms with E-state index in [0.717, 1.165) is 16.3 Å². The van der Waals surface area contributed by atoms with Crippen molar-refractivity contribution < 1.29 is 9.53 Å². The quantitative estimate of drug-likeness (QED) is 0.442. The van der Waals surface area contributed by atoms with E-state index in [1.165, 1.54) is 10.4 Å². The third-order valence-corrected chi connectivity index (χ3v) is 11.7. The second-order valence-corrected chi connectivity index (χ2v) is 14.9. The number of thiazole rings is 1. The molecule has 0 saturated carbocycles. The summed E-state index contributed by atoms with van der Waals surface area (Å²) in [6, 6.07) is 21.2. The summed E-state index contributed by atoms with van der Waals surface area (Å²) in [5.74, 6) is 0. The highest BCUT2D eigenvalue weighted by atomic mass is 32.1. The fourth-order valence-electron chi connectivity index (χ4n) is 4.30. The fraction of sp³-hybridized carbons (Fsp3) is 0.370. The predicted octanol–water partition coefficient (Wildman–Crippen LogP) is 5.57. The number of hydrogen-bond acceptors (Lipinski definition) is 4. The smallest absolute Gasteiger partial charge is 0.261 e. The van der Waals surface area contributed by atoms with E-state index in [2.05, 4.69) is 92.7 Å². The van der Waals surface area contributed by atoms with Crippen molar-refractivity contribution in [1.82, 2.24) is 4.98 Å². The molecule has 1 aromatic heterocycles. The zero-order chi connectivity index (χ0) is 23.4. The summed E-state index contributed by atoms with van der Waals surface area (Å²) in [5.41, 5.74) is 2.12. The van der Waals surface area contributed by atoms with Crippen LogP contribution < -0.4 is 10.4 Å². The lowest BCUT2D eigenvalue weighted by Crippen LogP contribution is -2.68. The third kappa shape index (κ3) is 5.46. The highest BCUT2D eigenvalue weighted by molar-refractivity contribution is 7.09. The van der Waals surface area contributed by atoms with Gasteiger partial charge in [0.25, 0.3) is 8.32 Å².